The van der Waals surface area contributed by atoms with Crippen molar-refractivity contribution in [2.24, 2.45) is 0 Å². The van der Waals surface area contributed by atoms with Crippen LogP contribution in [0, 0.1) is 13.8 Å². The van der Waals surface area contributed by atoms with Gasteiger partial charge in [-0.25, -0.2) is 0 Å². The zero-order valence-electron chi connectivity index (χ0n) is 10.0. The van der Waals surface area contributed by atoms with E-state index in [4.69, 9.17) is 4.52 Å². The largest absolute Gasteiger partial charge is 0.352 e. The Bertz CT molecular complexity index is 298. The molecule has 0 aromatic heterocycles. The minimum absolute atomic E-state index is 0. The number of hydrogen-bond donors (Lipinski definition) is 0. The number of hydrogen-bond acceptors (Lipinski definition) is 1. The van der Waals surface area contributed by atoms with Gasteiger partial charge in [-0.3, -0.25) is 0 Å². The lowest BCUT2D eigenvalue weighted by atomic mass is 10.2. The van der Waals surface area contributed by atoms with E-state index in [1.54, 1.807) is 0 Å². The van der Waals surface area contributed by atoms with E-state index >= 15 is 0 Å². The third-order valence-corrected chi connectivity index (χ3v) is 2.94. The molecule has 0 radical (unpaired) electrons. The maximum atomic E-state index is 5.75. The Hall–Kier alpha value is 0.0900. The van der Waals surface area contributed by atoms with Crippen LogP contribution in [0.1, 0.15) is 31.9 Å². The summed E-state index contributed by atoms with van der Waals surface area (Å²) >= 11 is 0. The lowest BCUT2D eigenvalue weighted by Crippen LogP contribution is -2.15. The summed E-state index contributed by atoms with van der Waals surface area (Å²) in [6.45, 7) is 10.5. The predicted molar refractivity (Wildman–Crippen MR) is 75.0 cm³/mol. The van der Waals surface area contributed by atoms with E-state index in [2.05, 4.69) is 52.8 Å². The van der Waals surface area contributed by atoms with E-state index in [1.807, 2.05) is 0 Å². The summed E-state index contributed by atoms with van der Waals surface area (Å²) in [5.41, 5.74) is 2.57. The number of rotatable bonds is 2. The molecule has 1 aromatic rings. The molecule has 0 fully saturated rings. The summed E-state index contributed by atoms with van der Waals surface area (Å²) in [4.78, 5) is 0. The predicted octanol–water partition coefficient (Wildman–Crippen LogP) is 3.92. The number of aryl methyl sites for hydroxylation is 2. The second-order valence-electron chi connectivity index (χ2n) is 4.69. The van der Waals surface area contributed by atoms with Gasteiger partial charge in [0.2, 0.25) is 0 Å². The Morgan fingerprint density at radius 1 is 1.00 bits per heavy atom. The minimum Gasteiger partial charge on any atom is -0.352 e. The van der Waals surface area contributed by atoms with Crippen LogP contribution in [-0.2, 0) is 4.52 Å². The Kier molecular flexibility index (Phi) is 6.02. The fraction of sp³-hybridized carbons (Fsp3) is 0.500. The molecule has 15 heavy (non-hydrogen) atoms. The molecule has 0 saturated carbocycles. The van der Waals surface area contributed by atoms with Crippen molar-refractivity contribution in [3.05, 3.63) is 29.3 Å². The molecule has 3 heteroatoms. The third kappa shape index (κ3) is 6.29. The van der Waals surface area contributed by atoms with Crippen molar-refractivity contribution in [3.8, 4) is 0 Å². The zero-order chi connectivity index (χ0) is 10.8. The molecule has 86 valence electrons. The highest BCUT2D eigenvalue weighted by molar-refractivity contribution is 8.93. The summed E-state index contributed by atoms with van der Waals surface area (Å²) in [6, 6.07) is 6.57. The molecule has 0 amide bonds. The van der Waals surface area contributed by atoms with Crippen LogP contribution in [0.4, 0.5) is 0 Å². The van der Waals surface area contributed by atoms with E-state index in [0.717, 1.165) is 0 Å². The van der Waals surface area contributed by atoms with Crippen molar-refractivity contribution < 1.29 is 4.52 Å². The van der Waals surface area contributed by atoms with Gasteiger partial charge in [0.15, 0.2) is 0 Å². The molecular weight excluding hydrogens is 271 g/mol. The van der Waals surface area contributed by atoms with Crippen molar-refractivity contribution >= 4 is 31.1 Å². The van der Waals surface area contributed by atoms with Gasteiger partial charge in [-0.2, -0.15) is 0 Å². The van der Waals surface area contributed by atoms with Crippen molar-refractivity contribution in [2.45, 2.75) is 40.2 Å². The number of benzene rings is 1. The molecule has 0 bridgehead atoms. The highest BCUT2D eigenvalue weighted by Crippen LogP contribution is 2.22. The Balaban J connectivity index is 0.00000196. The first-order valence-electron chi connectivity index (χ1n) is 4.89. The maximum Gasteiger partial charge on any atom is 0.0642 e. The molecular formula is C12H20BrOP. The number of halogens is 1. The molecule has 0 saturated heterocycles. The van der Waals surface area contributed by atoms with Gasteiger partial charge in [0, 0.05) is 8.81 Å². The second-order valence-corrected chi connectivity index (χ2v) is 5.68. The smallest absolute Gasteiger partial charge is 0.0642 e. The van der Waals surface area contributed by atoms with Gasteiger partial charge in [0.1, 0.15) is 0 Å². The van der Waals surface area contributed by atoms with Crippen LogP contribution in [-0.4, -0.2) is 5.60 Å². The first kappa shape index (κ1) is 15.1. The molecule has 0 aliphatic carbocycles. The zero-order valence-corrected chi connectivity index (χ0v) is 12.8. The Labute approximate surface area is 105 Å². The van der Waals surface area contributed by atoms with Crippen LogP contribution in [0.5, 0.6) is 0 Å². The topological polar surface area (TPSA) is 9.23 Å². The molecule has 0 aliphatic heterocycles. The molecule has 0 aliphatic rings. The third-order valence-electron chi connectivity index (χ3n) is 1.70. The molecule has 0 heterocycles. The fourth-order valence-electron chi connectivity index (χ4n) is 1.25. The van der Waals surface area contributed by atoms with Crippen molar-refractivity contribution in [2.75, 3.05) is 0 Å². The van der Waals surface area contributed by atoms with Crippen molar-refractivity contribution in [3.63, 3.8) is 0 Å². The van der Waals surface area contributed by atoms with Gasteiger partial charge < -0.3 is 4.52 Å². The summed E-state index contributed by atoms with van der Waals surface area (Å²) in [5.74, 6) is 0. The summed E-state index contributed by atoms with van der Waals surface area (Å²) in [5, 5.41) is 1.29. The molecule has 1 rings (SSSR count). The van der Waals surface area contributed by atoms with Crippen molar-refractivity contribution in [1.29, 1.82) is 0 Å². The summed E-state index contributed by atoms with van der Waals surface area (Å²) in [6.07, 6.45) is 0. The Morgan fingerprint density at radius 2 is 1.47 bits per heavy atom. The minimum atomic E-state index is -0.0455. The van der Waals surface area contributed by atoms with Crippen LogP contribution in [0.3, 0.4) is 0 Å². The van der Waals surface area contributed by atoms with Crippen molar-refractivity contribution in [1.82, 2.24) is 0 Å². The van der Waals surface area contributed by atoms with Gasteiger partial charge in [0.25, 0.3) is 0 Å². The molecule has 0 N–H and O–H groups in total. The molecule has 1 aromatic carbocycles. The summed E-state index contributed by atoms with van der Waals surface area (Å²) in [7, 11) is 0.449. The first-order chi connectivity index (χ1) is 6.37. The normalized spacial score (nSPS) is 11.8. The van der Waals surface area contributed by atoms with E-state index in [9.17, 15) is 0 Å². The molecule has 1 nitrogen and oxygen atoms in total. The maximum absolute atomic E-state index is 5.75. The lowest BCUT2D eigenvalue weighted by molar-refractivity contribution is 0.159. The lowest BCUT2D eigenvalue weighted by Gasteiger charge is -2.19. The van der Waals surface area contributed by atoms with Crippen LogP contribution in [0.2, 0.25) is 0 Å². The van der Waals surface area contributed by atoms with Gasteiger partial charge in [-0.15, -0.1) is 17.0 Å². The van der Waals surface area contributed by atoms with Crippen LogP contribution in [0.25, 0.3) is 0 Å². The molecule has 1 unspecified atom stereocenters. The van der Waals surface area contributed by atoms with Crippen LogP contribution in [0.15, 0.2) is 18.2 Å². The van der Waals surface area contributed by atoms with E-state index in [1.165, 1.54) is 16.4 Å². The Morgan fingerprint density at radius 3 is 1.87 bits per heavy atom. The highest BCUT2D eigenvalue weighted by atomic mass is 79.9. The van der Waals surface area contributed by atoms with Gasteiger partial charge in [0.05, 0.1) is 5.60 Å². The molecule has 1 atom stereocenters. The monoisotopic (exact) mass is 290 g/mol. The van der Waals surface area contributed by atoms with E-state index < -0.39 is 0 Å². The standard InChI is InChI=1S/C12H19OP.BrH/c1-9-6-10(2)8-11(7-9)14-13-12(3,4)5;/h6-8,14H,1-5H3;1H. The SMILES string of the molecule is Br.Cc1cc(C)cc(POC(C)(C)C)c1. The van der Waals surface area contributed by atoms with Crippen LogP contribution < -0.4 is 5.30 Å². The first-order valence-corrected chi connectivity index (χ1v) is 5.80. The van der Waals surface area contributed by atoms with E-state index in [0.29, 0.717) is 8.81 Å². The fourth-order valence-corrected chi connectivity index (χ4v) is 2.24. The van der Waals surface area contributed by atoms with Crippen LogP contribution >= 0.6 is 25.8 Å². The summed E-state index contributed by atoms with van der Waals surface area (Å²) < 4.78 is 5.75. The van der Waals surface area contributed by atoms with Gasteiger partial charge in [-0.05, 0) is 52.1 Å². The average Bonchev–Trinajstić information content (AvgIpc) is 1.97. The highest BCUT2D eigenvalue weighted by Gasteiger charge is 2.10. The van der Waals surface area contributed by atoms with Gasteiger partial charge >= 0.3 is 0 Å². The molecule has 0 spiro atoms. The van der Waals surface area contributed by atoms with Gasteiger partial charge in [-0.1, -0.05) is 17.2 Å². The van der Waals surface area contributed by atoms with E-state index in [-0.39, 0.29) is 22.6 Å². The average molecular weight is 291 g/mol. The quantitative estimate of drug-likeness (QED) is 0.751. The second kappa shape index (κ2) is 5.98.